The molecule has 4 aromatic rings. The van der Waals surface area contributed by atoms with Gasteiger partial charge in [-0.15, -0.1) is 0 Å². The van der Waals surface area contributed by atoms with Gasteiger partial charge in [-0.05, 0) is 36.4 Å². The average molecular weight is 339 g/mol. The molecule has 6 heteroatoms. The summed E-state index contributed by atoms with van der Waals surface area (Å²) in [5.41, 5.74) is 1.09. The zero-order chi connectivity index (χ0) is 17.4. The fraction of sp³-hybridized carbons (Fsp3) is 0.0526. The molecule has 0 unspecified atom stereocenters. The monoisotopic (exact) mass is 339 g/mol. The lowest BCUT2D eigenvalue weighted by Gasteiger charge is -2.11. The third-order valence-corrected chi connectivity index (χ3v) is 3.89. The van der Waals surface area contributed by atoms with Crippen molar-refractivity contribution in [3.63, 3.8) is 0 Å². The summed E-state index contributed by atoms with van der Waals surface area (Å²) in [6, 6.07) is 16.3. The molecule has 0 radical (unpaired) electrons. The number of rotatable bonds is 2. The van der Waals surface area contributed by atoms with E-state index in [1.807, 2.05) is 30.3 Å². The summed E-state index contributed by atoms with van der Waals surface area (Å²) < 4.78 is 38.5. The van der Waals surface area contributed by atoms with Crippen molar-refractivity contribution in [2.45, 2.75) is 6.18 Å². The number of hydrogen-bond acceptors (Lipinski definition) is 3. The molecule has 0 aliphatic rings. The van der Waals surface area contributed by atoms with Crippen LogP contribution in [0.1, 0.15) is 5.56 Å². The largest absolute Gasteiger partial charge is 0.416 e. The molecular formula is C19H12F3N3. The molecule has 0 saturated heterocycles. The molecule has 4 rings (SSSR count). The molecule has 0 fully saturated rings. The Hall–Kier alpha value is -3.15. The van der Waals surface area contributed by atoms with Crippen LogP contribution in [-0.4, -0.2) is 9.97 Å². The predicted octanol–water partition coefficient (Wildman–Crippen LogP) is 5.55. The summed E-state index contributed by atoms with van der Waals surface area (Å²) in [5, 5.41) is 4.81. The van der Waals surface area contributed by atoms with E-state index in [1.54, 1.807) is 18.3 Å². The Labute approximate surface area is 141 Å². The van der Waals surface area contributed by atoms with Crippen molar-refractivity contribution in [2.75, 3.05) is 5.32 Å². The van der Waals surface area contributed by atoms with Crippen LogP contribution >= 0.6 is 0 Å². The smallest absolute Gasteiger partial charge is 0.340 e. The summed E-state index contributed by atoms with van der Waals surface area (Å²) in [4.78, 5) is 8.90. The first-order valence-electron chi connectivity index (χ1n) is 7.59. The van der Waals surface area contributed by atoms with E-state index in [4.69, 9.17) is 0 Å². The zero-order valence-electron chi connectivity index (χ0n) is 12.9. The van der Waals surface area contributed by atoms with Crippen molar-refractivity contribution in [1.29, 1.82) is 0 Å². The Morgan fingerprint density at radius 1 is 0.800 bits per heavy atom. The van der Waals surface area contributed by atoms with E-state index in [1.165, 1.54) is 6.07 Å². The van der Waals surface area contributed by atoms with Gasteiger partial charge < -0.3 is 5.32 Å². The SMILES string of the molecule is FC(F)(F)c1cccc(Nc2ccc3ccc4cccnc4c3n2)c1. The van der Waals surface area contributed by atoms with Crippen molar-refractivity contribution in [3.05, 3.63) is 72.4 Å². The van der Waals surface area contributed by atoms with Crippen molar-refractivity contribution in [3.8, 4) is 0 Å². The highest BCUT2D eigenvalue weighted by Gasteiger charge is 2.30. The van der Waals surface area contributed by atoms with Crippen molar-refractivity contribution >= 4 is 33.3 Å². The number of aromatic nitrogens is 2. The van der Waals surface area contributed by atoms with Gasteiger partial charge in [0, 0.05) is 22.7 Å². The Balaban J connectivity index is 1.76. The molecular weight excluding hydrogens is 327 g/mol. The first-order chi connectivity index (χ1) is 12.0. The van der Waals surface area contributed by atoms with Gasteiger partial charge in [0.1, 0.15) is 5.82 Å². The second kappa shape index (κ2) is 5.73. The molecule has 0 bridgehead atoms. The summed E-state index contributed by atoms with van der Waals surface area (Å²) in [5.74, 6) is 0.463. The second-order valence-corrected chi connectivity index (χ2v) is 5.61. The number of alkyl halides is 3. The lowest BCUT2D eigenvalue weighted by molar-refractivity contribution is -0.137. The van der Waals surface area contributed by atoms with E-state index in [-0.39, 0.29) is 0 Å². The van der Waals surface area contributed by atoms with E-state index in [0.29, 0.717) is 17.0 Å². The van der Waals surface area contributed by atoms with E-state index in [0.717, 1.165) is 28.4 Å². The number of pyridine rings is 2. The van der Waals surface area contributed by atoms with Gasteiger partial charge in [0.25, 0.3) is 0 Å². The Morgan fingerprint density at radius 3 is 2.36 bits per heavy atom. The molecule has 2 heterocycles. The van der Waals surface area contributed by atoms with Gasteiger partial charge in [-0.25, -0.2) is 4.98 Å². The zero-order valence-corrected chi connectivity index (χ0v) is 12.9. The van der Waals surface area contributed by atoms with Crippen LogP contribution < -0.4 is 5.32 Å². The van der Waals surface area contributed by atoms with Gasteiger partial charge in [0.05, 0.1) is 16.6 Å². The minimum Gasteiger partial charge on any atom is -0.340 e. The summed E-state index contributed by atoms with van der Waals surface area (Å²) in [7, 11) is 0. The molecule has 0 spiro atoms. The number of halogens is 3. The van der Waals surface area contributed by atoms with Crippen molar-refractivity contribution in [2.24, 2.45) is 0 Å². The number of nitrogens with one attached hydrogen (secondary N) is 1. The molecule has 0 amide bonds. The lowest BCUT2D eigenvalue weighted by Crippen LogP contribution is -2.05. The van der Waals surface area contributed by atoms with Crippen LogP contribution in [0.3, 0.4) is 0 Å². The first-order valence-corrected chi connectivity index (χ1v) is 7.59. The topological polar surface area (TPSA) is 37.8 Å². The number of anilines is 2. The maximum absolute atomic E-state index is 12.8. The predicted molar refractivity (Wildman–Crippen MR) is 91.8 cm³/mol. The Bertz CT molecular complexity index is 1070. The molecule has 0 atom stereocenters. The number of benzene rings is 2. The van der Waals surface area contributed by atoms with E-state index in [2.05, 4.69) is 15.3 Å². The number of nitrogens with zero attached hydrogens (tertiary/aromatic N) is 2. The third-order valence-electron chi connectivity index (χ3n) is 3.89. The number of hydrogen-bond donors (Lipinski definition) is 1. The minimum absolute atomic E-state index is 0.329. The van der Waals surface area contributed by atoms with E-state index >= 15 is 0 Å². The molecule has 0 aliphatic heterocycles. The van der Waals surface area contributed by atoms with Crippen LogP contribution in [0.15, 0.2) is 66.9 Å². The molecule has 124 valence electrons. The highest BCUT2D eigenvalue weighted by atomic mass is 19.4. The molecule has 3 nitrogen and oxygen atoms in total. The van der Waals surface area contributed by atoms with E-state index in [9.17, 15) is 13.2 Å². The molecule has 2 aromatic carbocycles. The van der Waals surface area contributed by atoms with Gasteiger partial charge in [-0.1, -0.05) is 24.3 Å². The summed E-state index contributed by atoms with van der Waals surface area (Å²) in [6.07, 6.45) is -2.69. The lowest BCUT2D eigenvalue weighted by atomic mass is 10.1. The van der Waals surface area contributed by atoms with Gasteiger partial charge in [-0.3, -0.25) is 4.98 Å². The summed E-state index contributed by atoms with van der Waals surface area (Å²) in [6.45, 7) is 0. The Kier molecular flexibility index (Phi) is 3.53. The average Bonchev–Trinajstić information content (AvgIpc) is 2.61. The maximum Gasteiger partial charge on any atom is 0.416 e. The van der Waals surface area contributed by atoms with Crippen LogP contribution in [0.5, 0.6) is 0 Å². The van der Waals surface area contributed by atoms with Gasteiger partial charge >= 0.3 is 6.18 Å². The van der Waals surface area contributed by atoms with Crippen LogP contribution in [0, 0.1) is 0 Å². The first kappa shape index (κ1) is 15.4. The molecule has 1 N–H and O–H groups in total. The van der Waals surface area contributed by atoms with Gasteiger partial charge in [0.15, 0.2) is 0 Å². The fourth-order valence-corrected chi connectivity index (χ4v) is 2.71. The quantitative estimate of drug-likeness (QED) is 0.487. The Morgan fingerprint density at radius 2 is 1.56 bits per heavy atom. The molecule has 0 aliphatic carbocycles. The minimum atomic E-state index is -4.38. The molecule has 25 heavy (non-hydrogen) atoms. The normalized spacial score (nSPS) is 11.8. The summed E-state index contributed by atoms with van der Waals surface area (Å²) >= 11 is 0. The highest BCUT2D eigenvalue weighted by molar-refractivity contribution is 6.03. The van der Waals surface area contributed by atoms with Crippen LogP contribution in [0.2, 0.25) is 0 Å². The van der Waals surface area contributed by atoms with Crippen molar-refractivity contribution < 1.29 is 13.2 Å². The third kappa shape index (κ3) is 2.98. The van der Waals surface area contributed by atoms with E-state index < -0.39 is 11.7 Å². The standard InChI is InChI=1S/C19H12F3N3/c20-19(21,22)14-4-1-5-15(11-14)24-16-9-8-13-7-6-12-3-2-10-23-17(12)18(13)25-16/h1-11H,(H,24,25). The fourth-order valence-electron chi connectivity index (χ4n) is 2.71. The van der Waals surface area contributed by atoms with Crippen LogP contribution in [-0.2, 0) is 6.18 Å². The van der Waals surface area contributed by atoms with Crippen LogP contribution in [0.4, 0.5) is 24.7 Å². The van der Waals surface area contributed by atoms with Gasteiger partial charge in [0.2, 0.25) is 0 Å². The second-order valence-electron chi connectivity index (χ2n) is 5.61. The molecule has 0 saturated carbocycles. The van der Waals surface area contributed by atoms with Crippen LogP contribution in [0.25, 0.3) is 21.8 Å². The van der Waals surface area contributed by atoms with Crippen molar-refractivity contribution in [1.82, 2.24) is 9.97 Å². The number of fused-ring (bicyclic) bond motifs is 3. The molecule has 2 aromatic heterocycles. The maximum atomic E-state index is 12.8. The van der Waals surface area contributed by atoms with Gasteiger partial charge in [-0.2, -0.15) is 13.2 Å². The highest BCUT2D eigenvalue weighted by Crippen LogP contribution is 2.31.